The molecule has 0 saturated carbocycles. The van der Waals surface area contributed by atoms with E-state index in [1.54, 1.807) is 0 Å². The van der Waals surface area contributed by atoms with Gasteiger partial charge in [0.2, 0.25) is 0 Å². The van der Waals surface area contributed by atoms with Gasteiger partial charge in [-0.25, -0.2) is 4.98 Å². The van der Waals surface area contributed by atoms with Gasteiger partial charge in [-0.15, -0.1) is 0 Å². The van der Waals surface area contributed by atoms with E-state index in [0.29, 0.717) is 6.54 Å². The van der Waals surface area contributed by atoms with Crippen LogP contribution in [0.5, 0.6) is 0 Å². The van der Waals surface area contributed by atoms with Crippen LogP contribution >= 0.6 is 0 Å². The first-order valence-corrected chi connectivity index (χ1v) is 5.06. The zero-order chi connectivity index (χ0) is 10.0. The van der Waals surface area contributed by atoms with Crippen LogP contribution in [-0.2, 0) is 17.8 Å². The number of nitrogens with two attached hydrogens (primary N) is 1. The molecular formula is C10H17N3O. The minimum Gasteiger partial charge on any atom is -0.373 e. The number of hydrogen-bond donors (Lipinski definition) is 1. The highest BCUT2D eigenvalue weighted by Gasteiger charge is 2.30. The molecule has 2 N–H and O–H groups in total. The maximum atomic E-state index is 5.72. The minimum absolute atomic E-state index is 0.0232. The summed E-state index contributed by atoms with van der Waals surface area (Å²) in [5.41, 5.74) is 6.66. The minimum atomic E-state index is -0.0232. The highest BCUT2D eigenvalue weighted by atomic mass is 16.5. The molecule has 78 valence electrons. The summed E-state index contributed by atoms with van der Waals surface area (Å²) in [6, 6.07) is 0. The average Bonchev–Trinajstić information content (AvgIpc) is 2.75. The molecule has 14 heavy (non-hydrogen) atoms. The van der Waals surface area contributed by atoms with E-state index in [1.165, 1.54) is 0 Å². The molecule has 1 saturated heterocycles. The van der Waals surface area contributed by atoms with Gasteiger partial charge in [0.25, 0.3) is 0 Å². The molecule has 1 aliphatic heterocycles. The molecule has 0 amide bonds. The SMILES string of the molecule is CC1(Cn2cncc2CN)CCCO1. The largest absolute Gasteiger partial charge is 0.373 e. The van der Waals surface area contributed by atoms with Gasteiger partial charge in [-0.05, 0) is 19.8 Å². The summed E-state index contributed by atoms with van der Waals surface area (Å²) in [4.78, 5) is 4.09. The predicted octanol–water partition coefficient (Wildman–Crippen LogP) is 0.911. The fourth-order valence-corrected chi connectivity index (χ4v) is 1.98. The molecular weight excluding hydrogens is 178 g/mol. The smallest absolute Gasteiger partial charge is 0.0949 e. The van der Waals surface area contributed by atoms with Gasteiger partial charge in [-0.2, -0.15) is 0 Å². The first-order valence-electron chi connectivity index (χ1n) is 5.06. The highest BCUT2D eigenvalue weighted by Crippen LogP contribution is 2.27. The standard InChI is InChI=1S/C10H17N3O/c1-10(3-2-4-14-10)7-13-8-12-6-9(13)5-11/h6,8H,2-5,7,11H2,1H3. The molecule has 2 rings (SSSR count). The van der Waals surface area contributed by atoms with Crippen molar-refractivity contribution in [1.29, 1.82) is 0 Å². The molecule has 0 spiro atoms. The van der Waals surface area contributed by atoms with Gasteiger partial charge in [-0.1, -0.05) is 0 Å². The second-order valence-electron chi connectivity index (χ2n) is 4.12. The highest BCUT2D eigenvalue weighted by molar-refractivity contribution is 4.99. The number of aromatic nitrogens is 2. The molecule has 4 heteroatoms. The van der Waals surface area contributed by atoms with Gasteiger partial charge in [0, 0.05) is 19.3 Å². The molecule has 1 aliphatic rings. The van der Waals surface area contributed by atoms with Gasteiger partial charge in [0.15, 0.2) is 0 Å². The summed E-state index contributed by atoms with van der Waals surface area (Å²) < 4.78 is 7.81. The Balaban J connectivity index is 2.09. The molecule has 1 unspecified atom stereocenters. The lowest BCUT2D eigenvalue weighted by atomic mass is 10.0. The van der Waals surface area contributed by atoms with E-state index in [4.69, 9.17) is 10.5 Å². The molecule has 0 bridgehead atoms. The van der Waals surface area contributed by atoms with E-state index in [2.05, 4.69) is 16.5 Å². The van der Waals surface area contributed by atoms with E-state index < -0.39 is 0 Å². The lowest BCUT2D eigenvalue weighted by molar-refractivity contribution is 0.00569. The van der Waals surface area contributed by atoms with Crippen LogP contribution in [0.4, 0.5) is 0 Å². The molecule has 2 heterocycles. The summed E-state index contributed by atoms with van der Waals surface area (Å²) in [6.07, 6.45) is 5.92. The molecule has 1 aromatic rings. The Hall–Kier alpha value is -0.870. The van der Waals surface area contributed by atoms with E-state index >= 15 is 0 Å². The first kappa shape index (κ1) is 9.68. The van der Waals surface area contributed by atoms with Crippen molar-refractivity contribution in [2.75, 3.05) is 6.61 Å². The summed E-state index contributed by atoms with van der Waals surface area (Å²) in [5.74, 6) is 0. The van der Waals surface area contributed by atoms with Crippen molar-refractivity contribution in [2.45, 2.75) is 38.5 Å². The van der Waals surface area contributed by atoms with E-state index in [9.17, 15) is 0 Å². The molecule has 0 aliphatic carbocycles. The zero-order valence-corrected chi connectivity index (χ0v) is 8.57. The number of ether oxygens (including phenoxy) is 1. The maximum absolute atomic E-state index is 5.72. The monoisotopic (exact) mass is 195 g/mol. The first-order chi connectivity index (χ1) is 6.73. The fraction of sp³-hybridized carbons (Fsp3) is 0.700. The maximum Gasteiger partial charge on any atom is 0.0949 e. The van der Waals surface area contributed by atoms with Crippen molar-refractivity contribution in [3.8, 4) is 0 Å². The second kappa shape index (κ2) is 3.71. The lowest BCUT2D eigenvalue weighted by Gasteiger charge is -2.24. The normalized spacial score (nSPS) is 27.0. The van der Waals surface area contributed by atoms with Gasteiger partial charge in [-0.3, -0.25) is 0 Å². The number of nitrogens with zero attached hydrogens (tertiary/aromatic N) is 2. The van der Waals surface area contributed by atoms with Gasteiger partial charge in [0.1, 0.15) is 0 Å². The van der Waals surface area contributed by atoms with E-state index in [-0.39, 0.29) is 5.60 Å². The Morgan fingerprint density at radius 2 is 2.57 bits per heavy atom. The van der Waals surface area contributed by atoms with Crippen molar-refractivity contribution in [1.82, 2.24) is 9.55 Å². The van der Waals surface area contributed by atoms with Crippen LogP contribution in [-0.4, -0.2) is 21.8 Å². The number of hydrogen-bond acceptors (Lipinski definition) is 3. The number of imidazole rings is 1. The van der Waals surface area contributed by atoms with Crippen LogP contribution in [0.15, 0.2) is 12.5 Å². The summed E-state index contributed by atoms with van der Waals surface area (Å²) in [5, 5.41) is 0. The Labute approximate surface area is 84.1 Å². The Kier molecular flexibility index (Phi) is 2.56. The van der Waals surface area contributed by atoms with Crippen molar-refractivity contribution in [2.24, 2.45) is 5.73 Å². The van der Waals surface area contributed by atoms with Crippen LogP contribution in [0.3, 0.4) is 0 Å². The van der Waals surface area contributed by atoms with Crippen LogP contribution in [0.25, 0.3) is 0 Å². The van der Waals surface area contributed by atoms with Crippen LogP contribution < -0.4 is 5.73 Å². The van der Waals surface area contributed by atoms with Crippen LogP contribution in [0.1, 0.15) is 25.5 Å². The molecule has 1 aromatic heterocycles. The molecule has 4 nitrogen and oxygen atoms in total. The summed E-state index contributed by atoms with van der Waals surface area (Å²) in [7, 11) is 0. The van der Waals surface area contributed by atoms with Gasteiger partial charge in [0.05, 0.1) is 24.2 Å². The van der Waals surface area contributed by atoms with Crippen molar-refractivity contribution >= 4 is 0 Å². The van der Waals surface area contributed by atoms with Crippen molar-refractivity contribution in [3.05, 3.63) is 18.2 Å². The lowest BCUT2D eigenvalue weighted by Crippen LogP contribution is -2.30. The molecule has 1 atom stereocenters. The quantitative estimate of drug-likeness (QED) is 0.780. The van der Waals surface area contributed by atoms with Crippen molar-refractivity contribution in [3.63, 3.8) is 0 Å². The van der Waals surface area contributed by atoms with Gasteiger partial charge < -0.3 is 15.0 Å². The Bertz CT molecular complexity index is 302. The summed E-state index contributed by atoms with van der Waals surface area (Å²) in [6.45, 7) is 4.43. The topological polar surface area (TPSA) is 53.1 Å². The van der Waals surface area contributed by atoms with Crippen LogP contribution in [0.2, 0.25) is 0 Å². The Morgan fingerprint density at radius 1 is 1.71 bits per heavy atom. The molecule has 1 fully saturated rings. The zero-order valence-electron chi connectivity index (χ0n) is 8.57. The number of rotatable bonds is 3. The fourth-order valence-electron chi connectivity index (χ4n) is 1.98. The van der Waals surface area contributed by atoms with E-state index in [1.807, 2.05) is 12.5 Å². The molecule has 0 aromatic carbocycles. The second-order valence-corrected chi connectivity index (χ2v) is 4.12. The average molecular weight is 195 g/mol. The summed E-state index contributed by atoms with van der Waals surface area (Å²) >= 11 is 0. The van der Waals surface area contributed by atoms with Gasteiger partial charge >= 0.3 is 0 Å². The van der Waals surface area contributed by atoms with Crippen molar-refractivity contribution < 1.29 is 4.74 Å². The third kappa shape index (κ3) is 1.81. The third-order valence-electron chi connectivity index (χ3n) is 2.81. The predicted molar refractivity (Wildman–Crippen MR) is 53.7 cm³/mol. The van der Waals surface area contributed by atoms with E-state index in [0.717, 1.165) is 31.7 Å². The van der Waals surface area contributed by atoms with Crippen LogP contribution in [0, 0.1) is 0 Å². The molecule has 0 radical (unpaired) electrons. The third-order valence-corrected chi connectivity index (χ3v) is 2.81. The Morgan fingerprint density at radius 3 is 3.21 bits per heavy atom.